The molecule has 2 aromatic rings. The van der Waals surface area contributed by atoms with Crippen LogP contribution in [-0.2, 0) is 11.3 Å². The summed E-state index contributed by atoms with van der Waals surface area (Å²) in [4.78, 5) is 41.2. The molecule has 3 rings (SSSR count). The number of anilines is 1. The first-order valence-corrected chi connectivity index (χ1v) is 9.44. The van der Waals surface area contributed by atoms with Gasteiger partial charge in [0.25, 0.3) is 0 Å². The molecule has 1 aliphatic heterocycles. The predicted molar refractivity (Wildman–Crippen MR) is 106 cm³/mol. The highest BCUT2D eigenvalue weighted by atomic mass is 16.2. The average molecular weight is 383 g/mol. The maximum Gasteiger partial charge on any atom is 0.347 e. The predicted octanol–water partition coefficient (Wildman–Crippen LogP) is 1.67. The number of urea groups is 1. The van der Waals surface area contributed by atoms with Crippen molar-refractivity contribution in [3.63, 3.8) is 0 Å². The van der Waals surface area contributed by atoms with Crippen molar-refractivity contribution in [2.24, 2.45) is 5.92 Å². The number of nitrogens with zero attached hydrogens (tertiary/aromatic N) is 3. The van der Waals surface area contributed by atoms with E-state index in [0.717, 1.165) is 18.5 Å². The lowest BCUT2D eigenvalue weighted by Gasteiger charge is -2.21. The number of aromatic nitrogens is 2. The SMILES string of the molecule is C[C@H](CNC(=O)Nc1cccc(Cn2cccnc2=O)c1)CN1CCCC1=O. The Bertz CT molecular complexity index is 895. The number of carbonyl (C=O) groups is 2. The Morgan fingerprint density at radius 2 is 2.14 bits per heavy atom. The van der Waals surface area contributed by atoms with Gasteiger partial charge in [0.2, 0.25) is 5.91 Å². The van der Waals surface area contributed by atoms with Crippen LogP contribution in [0.25, 0.3) is 0 Å². The Hall–Kier alpha value is -3.16. The molecule has 0 spiro atoms. The summed E-state index contributed by atoms with van der Waals surface area (Å²) in [7, 11) is 0. The molecule has 2 N–H and O–H groups in total. The van der Waals surface area contributed by atoms with Gasteiger partial charge in [-0.1, -0.05) is 19.1 Å². The number of hydrogen-bond acceptors (Lipinski definition) is 4. The maximum atomic E-state index is 12.2. The van der Waals surface area contributed by atoms with Gasteiger partial charge in [0.15, 0.2) is 0 Å². The van der Waals surface area contributed by atoms with Crippen molar-refractivity contribution < 1.29 is 9.59 Å². The van der Waals surface area contributed by atoms with Gasteiger partial charge < -0.3 is 15.5 Å². The number of likely N-dealkylation sites (tertiary alicyclic amines) is 1. The van der Waals surface area contributed by atoms with E-state index in [2.05, 4.69) is 15.6 Å². The van der Waals surface area contributed by atoms with E-state index in [9.17, 15) is 14.4 Å². The Kier molecular flexibility index (Phi) is 6.41. The fourth-order valence-electron chi connectivity index (χ4n) is 3.23. The van der Waals surface area contributed by atoms with Crippen LogP contribution in [0.2, 0.25) is 0 Å². The molecule has 0 radical (unpaired) electrons. The van der Waals surface area contributed by atoms with Gasteiger partial charge >= 0.3 is 11.7 Å². The molecular weight excluding hydrogens is 358 g/mol. The zero-order valence-electron chi connectivity index (χ0n) is 15.9. The van der Waals surface area contributed by atoms with Crippen molar-refractivity contribution in [1.29, 1.82) is 0 Å². The highest BCUT2D eigenvalue weighted by Crippen LogP contribution is 2.13. The summed E-state index contributed by atoms with van der Waals surface area (Å²) in [5, 5.41) is 5.65. The quantitative estimate of drug-likeness (QED) is 0.760. The Morgan fingerprint density at radius 3 is 2.89 bits per heavy atom. The fourth-order valence-corrected chi connectivity index (χ4v) is 3.23. The zero-order chi connectivity index (χ0) is 19.9. The fraction of sp³-hybridized carbons (Fsp3) is 0.400. The molecule has 1 atom stereocenters. The van der Waals surface area contributed by atoms with Crippen LogP contribution < -0.4 is 16.3 Å². The second-order valence-electron chi connectivity index (χ2n) is 7.11. The number of carbonyl (C=O) groups excluding carboxylic acids is 2. The Morgan fingerprint density at radius 1 is 1.29 bits per heavy atom. The molecule has 8 nitrogen and oxygen atoms in total. The molecule has 0 saturated carbocycles. The van der Waals surface area contributed by atoms with E-state index in [0.29, 0.717) is 31.7 Å². The summed E-state index contributed by atoms with van der Waals surface area (Å²) in [6.45, 7) is 4.35. The van der Waals surface area contributed by atoms with Gasteiger partial charge in [-0.25, -0.2) is 14.6 Å². The standard InChI is InChI=1S/C20H25N5O3/c1-15(13-24-9-3-7-18(24)26)12-22-19(27)23-17-6-2-5-16(11-17)14-25-10-4-8-21-20(25)28/h2,4-6,8,10-11,15H,3,7,9,12-14H2,1H3,(H2,22,23,27)/t15-/m1/s1. The normalized spacial score (nSPS) is 14.8. The molecule has 1 aromatic carbocycles. The first kappa shape index (κ1) is 19.6. The third-order valence-corrected chi connectivity index (χ3v) is 4.64. The minimum atomic E-state index is -0.316. The molecule has 1 aliphatic rings. The first-order chi connectivity index (χ1) is 13.5. The topological polar surface area (TPSA) is 96.3 Å². The van der Waals surface area contributed by atoms with Crippen LogP contribution in [0.15, 0.2) is 47.5 Å². The van der Waals surface area contributed by atoms with E-state index >= 15 is 0 Å². The van der Waals surface area contributed by atoms with Crippen molar-refractivity contribution >= 4 is 17.6 Å². The molecule has 0 aliphatic carbocycles. The van der Waals surface area contributed by atoms with Crippen molar-refractivity contribution in [2.75, 3.05) is 25.0 Å². The number of amides is 3. The molecule has 148 valence electrons. The van der Waals surface area contributed by atoms with Crippen LogP contribution in [0.5, 0.6) is 0 Å². The molecule has 0 bridgehead atoms. The lowest BCUT2D eigenvalue weighted by atomic mass is 10.1. The summed E-state index contributed by atoms with van der Waals surface area (Å²) in [6.07, 6.45) is 4.68. The smallest absolute Gasteiger partial charge is 0.342 e. The number of rotatable bonds is 7. The van der Waals surface area contributed by atoms with Crippen LogP contribution >= 0.6 is 0 Å². The van der Waals surface area contributed by atoms with Crippen molar-refractivity contribution in [3.8, 4) is 0 Å². The van der Waals surface area contributed by atoms with Crippen molar-refractivity contribution in [1.82, 2.24) is 19.8 Å². The van der Waals surface area contributed by atoms with E-state index in [4.69, 9.17) is 0 Å². The molecular formula is C20H25N5O3. The third-order valence-electron chi connectivity index (χ3n) is 4.64. The van der Waals surface area contributed by atoms with Crippen LogP contribution in [0.4, 0.5) is 10.5 Å². The number of benzene rings is 1. The average Bonchev–Trinajstić information content (AvgIpc) is 3.07. The molecule has 1 aromatic heterocycles. The van der Waals surface area contributed by atoms with E-state index < -0.39 is 0 Å². The molecule has 8 heteroatoms. The minimum Gasteiger partial charge on any atom is -0.342 e. The third kappa shape index (κ3) is 5.42. The monoisotopic (exact) mass is 383 g/mol. The summed E-state index contributed by atoms with van der Waals surface area (Å²) < 4.78 is 1.50. The lowest BCUT2D eigenvalue weighted by molar-refractivity contribution is -0.128. The summed E-state index contributed by atoms with van der Waals surface area (Å²) in [6, 6.07) is 8.74. The summed E-state index contributed by atoms with van der Waals surface area (Å²) in [5.74, 6) is 0.373. The molecule has 0 unspecified atom stereocenters. The van der Waals surface area contributed by atoms with E-state index in [-0.39, 0.29) is 23.5 Å². The lowest BCUT2D eigenvalue weighted by Crippen LogP contribution is -2.37. The molecule has 1 saturated heterocycles. The number of hydrogen-bond donors (Lipinski definition) is 2. The summed E-state index contributed by atoms with van der Waals surface area (Å²) >= 11 is 0. The van der Waals surface area contributed by atoms with Crippen LogP contribution in [0.1, 0.15) is 25.3 Å². The van der Waals surface area contributed by atoms with Gasteiger partial charge in [-0.05, 0) is 36.1 Å². The highest BCUT2D eigenvalue weighted by molar-refractivity contribution is 5.89. The second-order valence-corrected chi connectivity index (χ2v) is 7.11. The van der Waals surface area contributed by atoms with Crippen molar-refractivity contribution in [3.05, 3.63) is 58.8 Å². The molecule has 2 heterocycles. The van der Waals surface area contributed by atoms with Gasteiger partial charge in [-0.15, -0.1) is 0 Å². The molecule has 1 fully saturated rings. The van der Waals surface area contributed by atoms with Crippen LogP contribution in [-0.4, -0.2) is 46.0 Å². The minimum absolute atomic E-state index is 0.177. The Labute approximate surface area is 163 Å². The van der Waals surface area contributed by atoms with Gasteiger partial charge in [-0.3, -0.25) is 9.36 Å². The molecule has 3 amide bonds. The molecule has 28 heavy (non-hydrogen) atoms. The van der Waals surface area contributed by atoms with Crippen LogP contribution in [0.3, 0.4) is 0 Å². The van der Waals surface area contributed by atoms with Crippen LogP contribution in [0, 0.1) is 5.92 Å². The first-order valence-electron chi connectivity index (χ1n) is 9.44. The second kappa shape index (κ2) is 9.16. The van der Waals surface area contributed by atoms with Gasteiger partial charge in [0.1, 0.15) is 0 Å². The summed E-state index contributed by atoms with van der Waals surface area (Å²) in [5.41, 5.74) is 1.22. The highest BCUT2D eigenvalue weighted by Gasteiger charge is 2.21. The van der Waals surface area contributed by atoms with E-state index in [1.807, 2.05) is 30.0 Å². The Balaban J connectivity index is 1.49. The van der Waals surface area contributed by atoms with E-state index in [1.165, 1.54) is 10.8 Å². The van der Waals surface area contributed by atoms with Gasteiger partial charge in [0, 0.05) is 44.1 Å². The van der Waals surface area contributed by atoms with Gasteiger partial charge in [0.05, 0.1) is 6.54 Å². The maximum absolute atomic E-state index is 12.2. The largest absolute Gasteiger partial charge is 0.347 e. The van der Waals surface area contributed by atoms with E-state index in [1.54, 1.807) is 18.3 Å². The number of nitrogens with one attached hydrogen (secondary N) is 2. The zero-order valence-corrected chi connectivity index (χ0v) is 15.9. The van der Waals surface area contributed by atoms with Gasteiger partial charge in [-0.2, -0.15) is 0 Å². The van der Waals surface area contributed by atoms with Crippen molar-refractivity contribution in [2.45, 2.75) is 26.3 Å².